The van der Waals surface area contributed by atoms with Crippen molar-refractivity contribution in [1.82, 2.24) is 5.32 Å². The quantitative estimate of drug-likeness (QED) is 0.365. The van der Waals surface area contributed by atoms with Crippen LogP contribution in [0.25, 0.3) is 0 Å². The van der Waals surface area contributed by atoms with Gasteiger partial charge in [0.05, 0.1) is 0 Å². The van der Waals surface area contributed by atoms with E-state index in [1.54, 1.807) is 0 Å². The van der Waals surface area contributed by atoms with Gasteiger partial charge >= 0.3 is 0 Å². The molecule has 0 heterocycles. The van der Waals surface area contributed by atoms with E-state index in [2.05, 4.69) is 26.1 Å². The normalized spacial score (nSPS) is 12.8. The van der Waals surface area contributed by atoms with Crippen LogP contribution in [0.15, 0.2) is 0 Å². The maximum atomic E-state index is 3.89. The molecule has 0 saturated carbocycles. The van der Waals surface area contributed by atoms with E-state index in [4.69, 9.17) is 0 Å². The van der Waals surface area contributed by atoms with Gasteiger partial charge in [-0.3, -0.25) is 0 Å². The Morgan fingerprint density at radius 3 is 1.79 bits per heavy atom. The third kappa shape index (κ3) is 14.2. The molecule has 1 atom stereocenters. The van der Waals surface area contributed by atoms with Gasteiger partial charge in [0.1, 0.15) is 0 Å². The number of nitrogens with one attached hydrogen (secondary N) is 1. The highest BCUT2D eigenvalue weighted by Crippen LogP contribution is 2.10. The van der Waals surface area contributed by atoms with Crippen molar-refractivity contribution < 1.29 is 0 Å². The standard InChI is InChI=1S/C18H38N/c1-4-7-8-9-10-11-12-13-14-15-17-19-18(6-3)16-5-2/h18-19H,1,4-17H2,2-3H3. The van der Waals surface area contributed by atoms with Crippen LogP contribution >= 0.6 is 0 Å². The summed E-state index contributed by atoms with van der Waals surface area (Å²) in [5.74, 6) is 0. The molecule has 0 aromatic heterocycles. The topological polar surface area (TPSA) is 12.0 Å². The van der Waals surface area contributed by atoms with Crippen LogP contribution in [0.1, 0.15) is 97.3 Å². The van der Waals surface area contributed by atoms with Crippen LogP contribution in [-0.2, 0) is 0 Å². The van der Waals surface area contributed by atoms with E-state index in [1.165, 1.54) is 83.6 Å². The lowest BCUT2D eigenvalue weighted by Gasteiger charge is -2.15. The van der Waals surface area contributed by atoms with E-state index < -0.39 is 0 Å². The molecule has 0 aliphatic rings. The Morgan fingerprint density at radius 1 is 0.789 bits per heavy atom. The van der Waals surface area contributed by atoms with E-state index in [0.717, 1.165) is 12.5 Å². The van der Waals surface area contributed by atoms with Gasteiger partial charge in [-0.05, 0) is 25.8 Å². The molecule has 1 heteroatoms. The molecule has 0 aliphatic carbocycles. The van der Waals surface area contributed by atoms with E-state index in [0.29, 0.717) is 0 Å². The highest BCUT2D eigenvalue weighted by molar-refractivity contribution is 4.63. The molecule has 0 bridgehead atoms. The van der Waals surface area contributed by atoms with Gasteiger partial charge in [0.2, 0.25) is 0 Å². The van der Waals surface area contributed by atoms with Gasteiger partial charge < -0.3 is 5.32 Å². The first kappa shape index (κ1) is 19.0. The number of rotatable bonds is 15. The van der Waals surface area contributed by atoms with Gasteiger partial charge in [-0.2, -0.15) is 0 Å². The fourth-order valence-corrected chi connectivity index (χ4v) is 2.64. The maximum Gasteiger partial charge on any atom is 0.00643 e. The van der Waals surface area contributed by atoms with Gasteiger partial charge in [-0.15, -0.1) is 0 Å². The Labute approximate surface area is 122 Å². The SMILES string of the molecule is [CH2]CCCCCCCCCCCNC(CC)CCC. The minimum Gasteiger partial charge on any atom is -0.314 e. The van der Waals surface area contributed by atoms with Crippen LogP contribution in [0.3, 0.4) is 0 Å². The fourth-order valence-electron chi connectivity index (χ4n) is 2.64. The predicted octanol–water partition coefficient (Wildman–Crippen LogP) is 5.89. The Hall–Kier alpha value is -0.0400. The third-order valence-electron chi connectivity index (χ3n) is 3.99. The number of hydrogen-bond donors (Lipinski definition) is 1. The molecule has 0 aromatic rings. The smallest absolute Gasteiger partial charge is 0.00643 e. The molecule has 0 aromatic carbocycles. The maximum absolute atomic E-state index is 3.89. The second kappa shape index (κ2) is 16.0. The van der Waals surface area contributed by atoms with Crippen molar-refractivity contribution >= 4 is 0 Å². The largest absolute Gasteiger partial charge is 0.314 e. The van der Waals surface area contributed by atoms with Gasteiger partial charge in [0, 0.05) is 6.04 Å². The Kier molecular flexibility index (Phi) is 16.0. The summed E-state index contributed by atoms with van der Waals surface area (Å²) in [6.07, 6.45) is 17.7. The van der Waals surface area contributed by atoms with Crippen molar-refractivity contribution in [3.63, 3.8) is 0 Å². The second-order valence-electron chi connectivity index (χ2n) is 5.88. The van der Waals surface area contributed by atoms with Gasteiger partial charge in [-0.25, -0.2) is 0 Å². The second-order valence-corrected chi connectivity index (χ2v) is 5.88. The summed E-state index contributed by atoms with van der Waals surface area (Å²) in [7, 11) is 0. The van der Waals surface area contributed by atoms with E-state index in [1.807, 2.05) is 0 Å². The zero-order valence-electron chi connectivity index (χ0n) is 13.7. The molecule has 1 nitrogen and oxygen atoms in total. The molecule has 0 spiro atoms. The van der Waals surface area contributed by atoms with Crippen LogP contribution in [0.5, 0.6) is 0 Å². The van der Waals surface area contributed by atoms with Crippen LogP contribution in [0.4, 0.5) is 0 Å². The van der Waals surface area contributed by atoms with Crippen LogP contribution in [-0.4, -0.2) is 12.6 Å². The van der Waals surface area contributed by atoms with Gasteiger partial charge in [0.15, 0.2) is 0 Å². The molecule has 0 aliphatic heterocycles. The number of hydrogen-bond acceptors (Lipinski definition) is 1. The first-order chi connectivity index (χ1) is 9.35. The van der Waals surface area contributed by atoms with Crippen molar-refractivity contribution in [2.75, 3.05) is 6.54 Å². The Bertz CT molecular complexity index is 156. The average Bonchev–Trinajstić information content (AvgIpc) is 2.43. The Balaban J connectivity index is 3.09. The highest BCUT2D eigenvalue weighted by atomic mass is 14.9. The molecular weight excluding hydrogens is 230 g/mol. The summed E-state index contributed by atoms with van der Waals surface area (Å²) in [5.41, 5.74) is 0. The molecule has 0 fully saturated rings. The van der Waals surface area contributed by atoms with Crippen molar-refractivity contribution in [1.29, 1.82) is 0 Å². The van der Waals surface area contributed by atoms with Crippen LogP contribution in [0.2, 0.25) is 0 Å². The number of unbranched alkanes of at least 4 members (excludes halogenated alkanes) is 9. The highest BCUT2D eigenvalue weighted by Gasteiger charge is 2.02. The zero-order valence-corrected chi connectivity index (χ0v) is 13.7. The summed E-state index contributed by atoms with van der Waals surface area (Å²) < 4.78 is 0. The van der Waals surface area contributed by atoms with Gasteiger partial charge in [-0.1, -0.05) is 85.0 Å². The van der Waals surface area contributed by atoms with Crippen molar-refractivity contribution in [3.05, 3.63) is 6.92 Å². The minimum atomic E-state index is 0.762. The molecule has 115 valence electrons. The molecule has 1 radical (unpaired) electrons. The van der Waals surface area contributed by atoms with E-state index in [-0.39, 0.29) is 0 Å². The lowest BCUT2D eigenvalue weighted by atomic mass is 10.1. The summed E-state index contributed by atoms with van der Waals surface area (Å²) in [6.45, 7) is 9.68. The summed E-state index contributed by atoms with van der Waals surface area (Å²) >= 11 is 0. The third-order valence-corrected chi connectivity index (χ3v) is 3.99. The molecule has 0 saturated heterocycles. The fraction of sp³-hybridized carbons (Fsp3) is 0.944. The lowest BCUT2D eigenvalue weighted by molar-refractivity contribution is 0.449. The monoisotopic (exact) mass is 268 g/mol. The molecule has 19 heavy (non-hydrogen) atoms. The summed E-state index contributed by atoms with van der Waals surface area (Å²) in [5, 5.41) is 3.69. The minimum absolute atomic E-state index is 0.762. The van der Waals surface area contributed by atoms with Crippen molar-refractivity contribution in [2.45, 2.75) is 103 Å². The molecule has 0 rings (SSSR count). The van der Waals surface area contributed by atoms with E-state index in [9.17, 15) is 0 Å². The van der Waals surface area contributed by atoms with Crippen molar-refractivity contribution in [2.24, 2.45) is 0 Å². The summed E-state index contributed by atoms with van der Waals surface area (Å²) in [4.78, 5) is 0. The van der Waals surface area contributed by atoms with Gasteiger partial charge in [0.25, 0.3) is 0 Å². The van der Waals surface area contributed by atoms with Crippen molar-refractivity contribution in [3.8, 4) is 0 Å². The lowest BCUT2D eigenvalue weighted by Crippen LogP contribution is -2.29. The van der Waals surface area contributed by atoms with Crippen LogP contribution < -0.4 is 5.32 Å². The first-order valence-corrected chi connectivity index (χ1v) is 8.87. The molecule has 0 amide bonds. The Morgan fingerprint density at radius 2 is 1.32 bits per heavy atom. The summed E-state index contributed by atoms with van der Waals surface area (Å²) in [6, 6.07) is 0.762. The van der Waals surface area contributed by atoms with Crippen LogP contribution in [0, 0.1) is 6.92 Å². The predicted molar refractivity (Wildman–Crippen MR) is 88.5 cm³/mol. The zero-order chi connectivity index (χ0) is 14.2. The molecule has 1 unspecified atom stereocenters. The average molecular weight is 269 g/mol. The molecule has 1 N–H and O–H groups in total. The molecular formula is C18H38N. The first-order valence-electron chi connectivity index (χ1n) is 8.87. The van der Waals surface area contributed by atoms with E-state index >= 15 is 0 Å².